The number of Topliss-reactive ketones (excluding diaryl/α,β-unsaturated/α-hetero) is 1. The second-order valence-electron chi connectivity index (χ2n) is 6.20. The summed E-state index contributed by atoms with van der Waals surface area (Å²) >= 11 is 0. The highest BCUT2D eigenvalue weighted by molar-refractivity contribution is 6.07. The fourth-order valence-corrected chi connectivity index (χ4v) is 3.05. The molecule has 134 valence electrons. The van der Waals surface area contributed by atoms with Crippen molar-refractivity contribution in [3.63, 3.8) is 0 Å². The van der Waals surface area contributed by atoms with Crippen molar-refractivity contribution in [1.29, 1.82) is 0 Å². The number of rotatable bonds is 5. The minimum atomic E-state index is -0.478. The van der Waals surface area contributed by atoms with Gasteiger partial charge in [0.2, 0.25) is 11.8 Å². The van der Waals surface area contributed by atoms with Crippen LogP contribution in [0.2, 0.25) is 0 Å². The van der Waals surface area contributed by atoms with Crippen LogP contribution in [-0.2, 0) is 9.59 Å². The number of benzene rings is 2. The molecule has 0 spiro atoms. The maximum absolute atomic E-state index is 12.6. The van der Waals surface area contributed by atoms with Gasteiger partial charge in [0.15, 0.2) is 5.78 Å². The molecule has 0 aromatic heterocycles. The van der Waals surface area contributed by atoms with Gasteiger partial charge in [-0.2, -0.15) is 0 Å². The van der Waals surface area contributed by atoms with Gasteiger partial charge in [0.25, 0.3) is 0 Å². The van der Waals surface area contributed by atoms with Crippen LogP contribution in [0, 0.1) is 5.92 Å². The summed E-state index contributed by atoms with van der Waals surface area (Å²) in [7, 11) is 1.56. The van der Waals surface area contributed by atoms with Crippen molar-refractivity contribution in [2.45, 2.75) is 13.3 Å². The van der Waals surface area contributed by atoms with Crippen molar-refractivity contribution in [2.24, 2.45) is 5.92 Å². The average Bonchev–Trinajstić information content (AvgIpc) is 3.04. The Morgan fingerprint density at radius 3 is 2.65 bits per heavy atom. The van der Waals surface area contributed by atoms with Crippen molar-refractivity contribution >= 4 is 29.0 Å². The van der Waals surface area contributed by atoms with Crippen molar-refractivity contribution in [3.8, 4) is 5.75 Å². The first-order chi connectivity index (χ1) is 12.5. The molecule has 1 saturated heterocycles. The molecule has 1 aliphatic rings. The highest BCUT2D eigenvalue weighted by Crippen LogP contribution is 2.29. The molecule has 1 fully saturated rings. The third kappa shape index (κ3) is 3.59. The van der Waals surface area contributed by atoms with Crippen LogP contribution in [0.1, 0.15) is 23.7 Å². The van der Waals surface area contributed by atoms with Crippen molar-refractivity contribution in [2.75, 3.05) is 23.9 Å². The van der Waals surface area contributed by atoms with E-state index in [0.29, 0.717) is 29.2 Å². The smallest absolute Gasteiger partial charge is 0.229 e. The molecule has 0 saturated carbocycles. The van der Waals surface area contributed by atoms with Gasteiger partial charge in [-0.1, -0.05) is 18.2 Å². The molecule has 1 atom stereocenters. The fourth-order valence-electron chi connectivity index (χ4n) is 3.05. The molecule has 6 heteroatoms. The summed E-state index contributed by atoms with van der Waals surface area (Å²) in [5.41, 5.74) is 1.63. The Kier molecular flexibility index (Phi) is 5.02. The number of amides is 2. The topological polar surface area (TPSA) is 75.7 Å². The van der Waals surface area contributed by atoms with E-state index < -0.39 is 5.92 Å². The first kappa shape index (κ1) is 17.7. The van der Waals surface area contributed by atoms with Crippen LogP contribution in [0.5, 0.6) is 5.75 Å². The molecule has 1 N–H and O–H groups in total. The first-order valence-corrected chi connectivity index (χ1v) is 8.35. The summed E-state index contributed by atoms with van der Waals surface area (Å²) in [6, 6.07) is 14.0. The van der Waals surface area contributed by atoms with Crippen LogP contribution < -0.4 is 15.0 Å². The summed E-state index contributed by atoms with van der Waals surface area (Å²) in [4.78, 5) is 38.3. The summed E-state index contributed by atoms with van der Waals surface area (Å²) in [5, 5.41) is 2.79. The number of hydrogen-bond donors (Lipinski definition) is 1. The average molecular weight is 352 g/mol. The molecular formula is C20H20N2O4. The highest BCUT2D eigenvalue weighted by atomic mass is 16.5. The van der Waals surface area contributed by atoms with Crippen molar-refractivity contribution in [3.05, 3.63) is 54.1 Å². The zero-order chi connectivity index (χ0) is 18.7. The molecule has 3 rings (SSSR count). The Morgan fingerprint density at radius 1 is 1.15 bits per heavy atom. The number of ether oxygens (including phenoxy) is 1. The van der Waals surface area contributed by atoms with Gasteiger partial charge < -0.3 is 15.0 Å². The second kappa shape index (κ2) is 7.39. The summed E-state index contributed by atoms with van der Waals surface area (Å²) in [6.45, 7) is 1.74. The Hall–Kier alpha value is -3.15. The van der Waals surface area contributed by atoms with Gasteiger partial charge in [-0.3, -0.25) is 14.4 Å². The Balaban J connectivity index is 1.74. The quantitative estimate of drug-likeness (QED) is 0.840. The minimum absolute atomic E-state index is 0.113. The number of carbonyl (C=O) groups is 3. The second-order valence-corrected chi connectivity index (χ2v) is 6.20. The number of methoxy groups -OCH3 is 1. The number of carbonyl (C=O) groups excluding carboxylic acids is 3. The number of ketones is 1. The van der Waals surface area contributed by atoms with E-state index in [1.807, 2.05) is 6.07 Å². The van der Waals surface area contributed by atoms with E-state index in [1.54, 1.807) is 54.5 Å². The summed E-state index contributed by atoms with van der Waals surface area (Å²) < 4.78 is 5.19. The Bertz CT molecular complexity index is 862. The van der Waals surface area contributed by atoms with Gasteiger partial charge >= 0.3 is 0 Å². The number of nitrogens with zero attached hydrogens (tertiary/aromatic N) is 1. The van der Waals surface area contributed by atoms with Crippen molar-refractivity contribution < 1.29 is 19.1 Å². The number of nitrogens with one attached hydrogen (secondary N) is 1. The fraction of sp³-hybridized carbons (Fsp3) is 0.250. The Morgan fingerprint density at radius 2 is 1.92 bits per heavy atom. The molecule has 2 aromatic carbocycles. The molecule has 6 nitrogen and oxygen atoms in total. The molecule has 1 aliphatic heterocycles. The first-order valence-electron chi connectivity index (χ1n) is 8.35. The zero-order valence-electron chi connectivity index (χ0n) is 14.7. The molecule has 2 amide bonds. The molecular weight excluding hydrogens is 332 g/mol. The lowest BCUT2D eigenvalue weighted by molar-refractivity contribution is -0.122. The van der Waals surface area contributed by atoms with E-state index >= 15 is 0 Å². The summed E-state index contributed by atoms with van der Waals surface area (Å²) in [6.07, 6.45) is 0.130. The van der Waals surface area contributed by atoms with Gasteiger partial charge in [0, 0.05) is 30.3 Å². The SMILES string of the molecule is COc1cccc(N2CC(C(=O)Nc3ccccc3C(C)=O)CC2=O)c1. The van der Waals surface area contributed by atoms with Crippen LogP contribution in [-0.4, -0.2) is 31.3 Å². The maximum atomic E-state index is 12.6. The van der Waals surface area contributed by atoms with E-state index in [0.717, 1.165) is 0 Å². The lowest BCUT2D eigenvalue weighted by atomic mass is 10.1. The van der Waals surface area contributed by atoms with Gasteiger partial charge in [-0.25, -0.2) is 0 Å². The number of para-hydroxylation sites is 1. The third-order valence-electron chi connectivity index (χ3n) is 4.43. The van der Waals surface area contributed by atoms with E-state index in [2.05, 4.69) is 5.32 Å². The van der Waals surface area contributed by atoms with Crippen LogP contribution in [0.4, 0.5) is 11.4 Å². The van der Waals surface area contributed by atoms with Crippen LogP contribution >= 0.6 is 0 Å². The van der Waals surface area contributed by atoms with Gasteiger partial charge in [0.05, 0.1) is 18.7 Å². The molecule has 0 radical (unpaired) electrons. The van der Waals surface area contributed by atoms with E-state index in [4.69, 9.17) is 4.74 Å². The summed E-state index contributed by atoms with van der Waals surface area (Å²) in [5.74, 6) is -0.329. The number of hydrogen-bond acceptors (Lipinski definition) is 4. The van der Waals surface area contributed by atoms with Crippen molar-refractivity contribution in [1.82, 2.24) is 0 Å². The molecule has 1 heterocycles. The van der Waals surface area contributed by atoms with Gasteiger partial charge in [-0.15, -0.1) is 0 Å². The van der Waals surface area contributed by atoms with Gasteiger partial charge in [-0.05, 0) is 31.2 Å². The minimum Gasteiger partial charge on any atom is -0.497 e. The third-order valence-corrected chi connectivity index (χ3v) is 4.43. The molecule has 2 aromatic rings. The number of anilines is 2. The zero-order valence-corrected chi connectivity index (χ0v) is 14.7. The van der Waals surface area contributed by atoms with Crippen LogP contribution in [0.3, 0.4) is 0 Å². The predicted molar refractivity (Wildman–Crippen MR) is 98.5 cm³/mol. The monoisotopic (exact) mass is 352 g/mol. The Labute approximate surface area is 151 Å². The lowest BCUT2D eigenvalue weighted by Gasteiger charge is -2.17. The largest absolute Gasteiger partial charge is 0.497 e. The molecule has 0 bridgehead atoms. The normalized spacial score (nSPS) is 16.5. The van der Waals surface area contributed by atoms with E-state index in [1.165, 1.54) is 6.92 Å². The predicted octanol–water partition coefficient (Wildman–Crippen LogP) is 2.89. The van der Waals surface area contributed by atoms with E-state index in [9.17, 15) is 14.4 Å². The van der Waals surface area contributed by atoms with Crippen LogP contribution in [0.15, 0.2) is 48.5 Å². The molecule has 0 aliphatic carbocycles. The van der Waals surface area contributed by atoms with Crippen LogP contribution in [0.25, 0.3) is 0 Å². The van der Waals surface area contributed by atoms with E-state index in [-0.39, 0.29) is 24.0 Å². The highest BCUT2D eigenvalue weighted by Gasteiger charge is 2.35. The van der Waals surface area contributed by atoms with Gasteiger partial charge in [0.1, 0.15) is 5.75 Å². The molecule has 26 heavy (non-hydrogen) atoms. The molecule has 1 unspecified atom stereocenters. The lowest BCUT2D eigenvalue weighted by Crippen LogP contribution is -2.28. The standard InChI is InChI=1S/C20H20N2O4/c1-13(23)17-8-3-4-9-18(17)21-20(25)14-10-19(24)22(12-14)15-6-5-7-16(11-15)26-2/h3-9,11,14H,10,12H2,1-2H3,(H,21,25). The maximum Gasteiger partial charge on any atom is 0.229 e.